The van der Waals surface area contributed by atoms with Gasteiger partial charge in [-0.3, -0.25) is 9.69 Å². The molecule has 0 aliphatic carbocycles. The van der Waals surface area contributed by atoms with Crippen LogP contribution in [0.1, 0.15) is 41.9 Å². The Balaban J connectivity index is 0.00000264. The van der Waals surface area contributed by atoms with E-state index in [2.05, 4.69) is 43.0 Å². The van der Waals surface area contributed by atoms with Crippen molar-refractivity contribution in [2.24, 2.45) is 0 Å². The molecule has 1 atom stereocenters. The van der Waals surface area contributed by atoms with E-state index in [1.54, 1.807) is 11.3 Å². The number of carbonyl (C=O) groups excluding carboxylic acids is 1. The molecule has 8 heteroatoms. The van der Waals surface area contributed by atoms with Gasteiger partial charge in [-0.15, -0.1) is 36.2 Å². The molecule has 2 rings (SSSR count). The molecule has 0 aromatic carbocycles. The van der Waals surface area contributed by atoms with E-state index in [9.17, 15) is 4.79 Å². The molecule has 1 aliphatic rings. The van der Waals surface area contributed by atoms with Crippen molar-refractivity contribution < 1.29 is 4.79 Å². The summed E-state index contributed by atoms with van der Waals surface area (Å²) in [6, 6.07) is 0.314. The number of piperazine rings is 1. The summed E-state index contributed by atoms with van der Waals surface area (Å²) in [4.78, 5) is 22.4. The van der Waals surface area contributed by atoms with Gasteiger partial charge in [-0.05, 0) is 27.3 Å². The Bertz CT molecular complexity index is 506. The van der Waals surface area contributed by atoms with E-state index in [1.807, 2.05) is 4.90 Å². The Labute approximate surface area is 162 Å². The van der Waals surface area contributed by atoms with Gasteiger partial charge in [-0.1, -0.05) is 6.92 Å². The first-order valence-corrected chi connectivity index (χ1v) is 8.99. The zero-order valence-electron chi connectivity index (χ0n) is 15.0. The van der Waals surface area contributed by atoms with E-state index in [0.29, 0.717) is 12.5 Å². The van der Waals surface area contributed by atoms with Gasteiger partial charge in [0.2, 0.25) is 5.91 Å². The fraction of sp³-hybridized carbons (Fsp3) is 0.750. The largest absolute Gasteiger partial charge is 0.340 e. The Kier molecular flexibility index (Phi) is 11.1. The molecule has 0 saturated carbocycles. The Morgan fingerprint density at radius 3 is 2.54 bits per heavy atom. The highest BCUT2D eigenvalue weighted by Gasteiger charge is 2.20. The maximum Gasteiger partial charge on any atom is 0.223 e. The molecule has 1 aliphatic heterocycles. The van der Waals surface area contributed by atoms with Crippen LogP contribution in [0.4, 0.5) is 0 Å². The van der Waals surface area contributed by atoms with Gasteiger partial charge in [0.05, 0.1) is 10.7 Å². The minimum Gasteiger partial charge on any atom is -0.340 e. The van der Waals surface area contributed by atoms with Crippen molar-refractivity contribution in [3.63, 3.8) is 0 Å². The van der Waals surface area contributed by atoms with E-state index in [1.165, 1.54) is 9.88 Å². The number of nitrogens with one attached hydrogen (secondary N) is 1. The summed E-state index contributed by atoms with van der Waals surface area (Å²) in [6.45, 7) is 10.7. The number of hydrogen-bond acceptors (Lipinski definition) is 5. The van der Waals surface area contributed by atoms with Gasteiger partial charge in [0, 0.05) is 50.1 Å². The molecule has 140 valence electrons. The molecule has 0 spiro atoms. The highest BCUT2D eigenvalue weighted by molar-refractivity contribution is 7.11. The molecule has 1 unspecified atom stereocenters. The number of halogens is 2. The number of thiazole rings is 1. The third-order valence-electron chi connectivity index (χ3n) is 4.37. The quantitative estimate of drug-likeness (QED) is 0.802. The van der Waals surface area contributed by atoms with Crippen LogP contribution in [0.25, 0.3) is 0 Å². The number of aromatic nitrogens is 1. The number of hydrogen-bond donors (Lipinski definition) is 1. The molecule has 0 radical (unpaired) electrons. The van der Waals surface area contributed by atoms with Crippen LogP contribution in [0, 0.1) is 6.92 Å². The predicted molar refractivity (Wildman–Crippen MR) is 106 cm³/mol. The van der Waals surface area contributed by atoms with E-state index < -0.39 is 0 Å². The lowest BCUT2D eigenvalue weighted by atomic mass is 10.2. The maximum atomic E-state index is 12.2. The first kappa shape index (κ1) is 23.6. The van der Waals surface area contributed by atoms with Crippen LogP contribution in [-0.2, 0) is 11.2 Å². The molecule has 2 heterocycles. The third-order valence-corrected chi connectivity index (χ3v) is 5.84. The summed E-state index contributed by atoms with van der Waals surface area (Å²) in [5, 5.41) is 4.48. The highest BCUT2D eigenvalue weighted by Crippen LogP contribution is 2.28. The number of nitrogens with zero attached hydrogens (tertiary/aromatic N) is 3. The topological polar surface area (TPSA) is 48.5 Å². The van der Waals surface area contributed by atoms with Crippen molar-refractivity contribution in [3.8, 4) is 0 Å². The van der Waals surface area contributed by atoms with Crippen LogP contribution in [0.3, 0.4) is 0 Å². The Morgan fingerprint density at radius 2 is 2.00 bits per heavy atom. The van der Waals surface area contributed by atoms with Crippen molar-refractivity contribution in [3.05, 3.63) is 15.6 Å². The zero-order valence-corrected chi connectivity index (χ0v) is 17.5. The van der Waals surface area contributed by atoms with Crippen molar-refractivity contribution in [1.82, 2.24) is 20.1 Å². The van der Waals surface area contributed by atoms with E-state index in [-0.39, 0.29) is 30.7 Å². The fourth-order valence-corrected chi connectivity index (χ4v) is 3.87. The van der Waals surface area contributed by atoms with Crippen LogP contribution in [0.5, 0.6) is 0 Å². The number of amides is 1. The maximum absolute atomic E-state index is 12.2. The lowest BCUT2D eigenvalue weighted by Gasteiger charge is -2.29. The second kappa shape index (κ2) is 11.3. The predicted octanol–water partition coefficient (Wildman–Crippen LogP) is 2.67. The molecule has 1 N–H and O–H groups in total. The lowest BCUT2D eigenvalue weighted by molar-refractivity contribution is -0.132. The molecular weight excluding hydrogens is 367 g/mol. The summed E-state index contributed by atoms with van der Waals surface area (Å²) in [5.74, 6) is 0.274. The third kappa shape index (κ3) is 6.15. The average Bonchev–Trinajstić information content (AvgIpc) is 2.93. The second-order valence-corrected chi connectivity index (χ2v) is 7.06. The normalized spacial score (nSPS) is 15.6. The number of aryl methyl sites for hydroxylation is 2. The molecule has 24 heavy (non-hydrogen) atoms. The SMILES string of the molecule is CCc1nc(C)c(C(C)N(C)CCC(=O)N2CCNCC2)s1.Cl.Cl. The minimum absolute atomic E-state index is 0. The molecule has 1 fully saturated rings. The first-order valence-electron chi connectivity index (χ1n) is 8.17. The molecule has 0 bridgehead atoms. The smallest absolute Gasteiger partial charge is 0.223 e. The fourth-order valence-electron chi connectivity index (χ4n) is 2.74. The van der Waals surface area contributed by atoms with Gasteiger partial charge in [0.1, 0.15) is 0 Å². The molecule has 1 aromatic heterocycles. The lowest BCUT2D eigenvalue weighted by Crippen LogP contribution is -2.47. The van der Waals surface area contributed by atoms with Crippen LogP contribution in [0.15, 0.2) is 0 Å². The van der Waals surface area contributed by atoms with E-state index >= 15 is 0 Å². The Morgan fingerprint density at radius 1 is 1.38 bits per heavy atom. The molecule has 1 saturated heterocycles. The average molecular weight is 397 g/mol. The summed E-state index contributed by atoms with van der Waals surface area (Å²) >= 11 is 1.80. The van der Waals surface area contributed by atoms with Gasteiger partial charge >= 0.3 is 0 Å². The van der Waals surface area contributed by atoms with Gasteiger partial charge < -0.3 is 10.2 Å². The van der Waals surface area contributed by atoms with E-state index in [4.69, 9.17) is 0 Å². The molecule has 5 nitrogen and oxygen atoms in total. The van der Waals surface area contributed by atoms with Crippen LogP contribution in [-0.4, -0.2) is 60.5 Å². The standard InChI is InChI=1S/C16H28N4OS.2ClH/c1-5-14-18-12(2)16(22-14)13(3)19(4)9-6-15(21)20-10-7-17-8-11-20;;/h13,17H,5-11H2,1-4H3;2*1H. The van der Waals surface area contributed by atoms with Crippen molar-refractivity contribution >= 4 is 42.1 Å². The van der Waals surface area contributed by atoms with Crippen LogP contribution in [0.2, 0.25) is 0 Å². The monoisotopic (exact) mass is 396 g/mol. The van der Waals surface area contributed by atoms with Crippen LogP contribution < -0.4 is 5.32 Å². The summed E-state index contributed by atoms with van der Waals surface area (Å²) in [7, 11) is 2.10. The van der Waals surface area contributed by atoms with Crippen molar-refractivity contribution in [2.45, 2.75) is 39.7 Å². The second-order valence-electron chi connectivity index (χ2n) is 5.95. The first-order chi connectivity index (χ1) is 10.5. The highest BCUT2D eigenvalue weighted by atomic mass is 35.5. The number of carbonyl (C=O) groups is 1. The summed E-state index contributed by atoms with van der Waals surface area (Å²) < 4.78 is 0. The molecule has 1 aromatic rings. The summed E-state index contributed by atoms with van der Waals surface area (Å²) in [5.41, 5.74) is 1.13. The van der Waals surface area contributed by atoms with Crippen molar-refractivity contribution in [2.75, 3.05) is 39.8 Å². The number of rotatable bonds is 6. The van der Waals surface area contributed by atoms with E-state index in [0.717, 1.165) is 44.8 Å². The molecular formula is C16H30Cl2N4OS. The van der Waals surface area contributed by atoms with Gasteiger partial charge in [0.15, 0.2) is 0 Å². The van der Waals surface area contributed by atoms with Crippen molar-refractivity contribution in [1.29, 1.82) is 0 Å². The zero-order chi connectivity index (χ0) is 16.1. The van der Waals surface area contributed by atoms with Gasteiger partial charge in [-0.2, -0.15) is 0 Å². The Hall–Kier alpha value is -0.400. The summed E-state index contributed by atoms with van der Waals surface area (Å²) in [6.07, 6.45) is 1.59. The van der Waals surface area contributed by atoms with Gasteiger partial charge in [-0.25, -0.2) is 4.98 Å². The van der Waals surface area contributed by atoms with Gasteiger partial charge in [0.25, 0.3) is 0 Å². The minimum atomic E-state index is 0. The van der Waals surface area contributed by atoms with Crippen LogP contribution >= 0.6 is 36.2 Å². The molecule has 1 amide bonds.